The minimum Gasteiger partial charge on any atom is -0.363 e. The molecule has 1 aliphatic heterocycles. The van der Waals surface area contributed by atoms with Crippen molar-refractivity contribution in [1.82, 2.24) is 20.9 Å². The zero-order valence-corrected chi connectivity index (χ0v) is 28.3. The fourth-order valence-corrected chi connectivity index (χ4v) is 5.72. The number of Topliss-reactive ketones (excluding diaryl/α,β-unsaturated/α-hetero) is 2. The normalized spacial score (nSPS) is 19.0. The summed E-state index contributed by atoms with van der Waals surface area (Å²) < 4.78 is 39.0. The number of primary amides is 1. The molecule has 0 aliphatic carbocycles. The Labute approximate surface area is 273 Å². The molecule has 11 nitrogen and oxygen atoms in total. The lowest BCUT2D eigenvalue weighted by atomic mass is 9.75. The van der Waals surface area contributed by atoms with Crippen LogP contribution in [0.3, 0.4) is 0 Å². The van der Waals surface area contributed by atoms with Gasteiger partial charge in [-0.1, -0.05) is 85.7 Å². The van der Waals surface area contributed by atoms with Gasteiger partial charge < -0.3 is 26.6 Å². The van der Waals surface area contributed by atoms with Gasteiger partial charge in [0.2, 0.25) is 17.6 Å². The van der Waals surface area contributed by atoms with Gasteiger partial charge in [-0.25, -0.2) is 4.79 Å². The summed E-state index contributed by atoms with van der Waals surface area (Å²) in [4.78, 5) is 79.8. The number of nitrogens with two attached hydrogens (primary N) is 1. The SMILES string of the molecule is CC(C)[C@H](NC(=O)N[C@H](C(=O)N1CC[C@H](C(C)(C)C)[C@H]1C(=O)NC(CCC(F)(F)F)C(=O)C(N)=O)C(C)(C)C)C(=O)c1ccccc1. The lowest BCUT2D eigenvalue weighted by Crippen LogP contribution is -2.62. The highest BCUT2D eigenvalue weighted by atomic mass is 19.4. The molecule has 1 unspecified atom stereocenters. The Hall–Kier alpha value is -3.97. The zero-order chi connectivity index (χ0) is 36.1. The summed E-state index contributed by atoms with van der Waals surface area (Å²) >= 11 is 0. The lowest BCUT2D eigenvalue weighted by molar-refractivity contribution is -0.147. The molecule has 0 radical (unpaired) electrons. The molecule has 2 rings (SSSR count). The number of benzene rings is 1. The number of hydrogen-bond donors (Lipinski definition) is 4. The molecule has 47 heavy (non-hydrogen) atoms. The third-order valence-corrected chi connectivity index (χ3v) is 8.34. The molecule has 1 heterocycles. The summed E-state index contributed by atoms with van der Waals surface area (Å²) in [6, 6.07) is 2.43. The summed E-state index contributed by atoms with van der Waals surface area (Å²) in [6.45, 7) is 14.2. The van der Waals surface area contributed by atoms with Crippen LogP contribution in [0.25, 0.3) is 0 Å². The number of alkyl halides is 3. The van der Waals surface area contributed by atoms with E-state index in [4.69, 9.17) is 5.73 Å². The van der Waals surface area contributed by atoms with Crippen molar-refractivity contribution in [3.05, 3.63) is 35.9 Å². The Balaban J connectivity index is 2.40. The number of likely N-dealkylation sites (tertiary alicyclic amines) is 1. The molecule has 0 bridgehead atoms. The van der Waals surface area contributed by atoms with E-state index in [1.165, 1.54) is 4.90 Å². The van der Waals surface area contributed by atoms with Crippen molar-refractivity contribution in [3.8, 4) is 0 Å². The van der Waals surface area contributed by atoms with Crippen LogP contribution < -0.4 is 21.7 Å². The van der Waals surface area contributed by atoms with E-state index in [-0.39, 0.29) is 18.2 Å². The average Bonchev–Trinajstić information content (AvgIpc) is 3.41. The van der Waals surface area contributed by atoms with Gasteiger partial charge in [0.05, 0.1) is 12.1 Å². The number of rotatable bonds is 12. The van der Waals surface area contributed by atoms with Gasteiger partial charge in [-0.3, -0.25) is 24.0 Å². The number of urea groups is 1. The first-order valence-corrected chi connectivity index (χ1v) is 15.6. The summed E-state index contributed by atoms with van der Waals surface area (Å²) in [7, 11) is 0. The molecule has 1 aromatic carbocycles. The van der Waals surface area contributed by atoms with Crippen molar-refractivity contribution in [2.24, 2.45) is 28.4 Å². The van der Waals surface area contributed by atoms with E-state index in [1.54, 1.807) is 65.0 Å². The first-order valence-electron chi connectivity index (χ1n) is 15.6. The standard InChI is InChI=1S/C33H48F3N5O6/c1-18(2)22(24(42)19-12-10-9-11-13-19)39-30(47)40-26(32(6,7)8)29(46)41-17-15-20(31(3,4)5)23(41)28(45)38-21(25(43)27(37)44)14-16-33(34,35)36/h9-13,18,20-23,26H,14-17H2,1-8H3,(H2,37,44)(H,38,45)(H2,39,40,47)/t20-,21?,22-,23-,26+/m0/s1. The van der Waals surface area contributed by atoms with Crippen molar-refractivity contribution in [2.45, 2.75) is 105 Å². The molecular formula is C33H48F3N5O6. The summed E-state index contributed by atoms with van der Waals surface area (Å²) in [5, 5.41) is 7.63. The smallest absolute Gasteiger partial charge is 0.363 e. The van der Waals surface area contributed by atoms with Crippen molar-refractivity contribution in [3.63, 3.8) is 0 Å². The van der Waals surface area contributed by atoms with Crippen LogP contribution in [0.15, 0.2) is 30.3 Å². The van der Waals surface area contributed by atoms with Crippen molar-refractivity contribution in [2.75, 3.05) is 6.54 Å². The van der Waals surface area contributed by atoms with Crippen LogP contribution >= 0.6 is 0 Å². The van der Waals surface area contributed by atoms with E-state index in [1.807, 2.05) is 20.8 Å². The molecule has 1 aromatic rings. The molecule has 262 valence electrons. The second-order valence-corrected chi connectivity index (χ2v) is 14.5. The number of halogens is 3. The fraction of sp³-hybridized carbons (Fsp3) is 0.636. The fourth-order valence-electron chi connectivity index (χ4n) is 5.72. The monoisotopic (exact) mass is 667 g/mol. The molecule has 5 atom stereocenters. The topological polar surface area (TPSA) is 168 Å². The molecule has 1 fully saturated rings. The largest absolute Gasteiger partial charge is 0.389 e. The molecule has 14 heteroatoms. The third-order valence-electron chi connectivity index (χ3n) is 8.34. The number of amides is 5. The number of nitrogens with one attached hydrogen (secondary N) is 3. The number of hydrogen-bond acceptors (Lipinski definition) is 6. The molecule has 5 amide bonds. The minimum atomic E-state index is -4.67. The Morgan fingerprint density at radius 3 is 1.96 bits per heavy atom. The summed E-state index contributed by atoms with van der Waals surface area (Å²) in [5.74, 6) is -5.55. The van der Waals surface area contributed by atoms with Crippen LogP contribution in [0.2, 0.25) is 0 Å². The molecule has 0 spiro atoms. The van der Waals surface area contributed by atoms with E-state index in [9.17, 15) is 41.9 Å². The Bertz CT molecular complexity index is 1320. The first-order chi connectivity index (χ1) is 21.5. The predicted molar refractivity (Wildman–Crippen MR) is 169 cm³/mol. The summed E-state index contributed by atoms with van der Waals surface area (Å²) in [5.41, 5.74) is 3.99. The van der Waals surface area contributed by atoms with Gasteiger partial charge in [0, 0.05) is 18.5 Å². The number of carbonyl (C=O) groups is 6. The molecular weight excluding hydrogens is 619 g/mol. The van der Waals surface area contributed by atoms with E-state index in [0.717, 1.165) is 0 Å². The second-order valence-electron chi connectivity index (χ2n) is 14.5. The van der Waals surface area contributed by atoms with Crippen LogP contribution in [0, 0.1) is 22.7 Å². The van der Waals surface area contributed by atoms with Gasteiger partial charge in [0.25, 0.3) is 5.91 Å². The van der Waals surface area contributed by atoms with Crippen molar-refractivity contribution in [1.29, 1.82) is 0 Å². The number of carbonyl (C=O) groups excluding carboxylic acids is 6. The van der Waals surface area contributed by atoms with Gasteiger partial charge in [-0.2, -0.15) is 13.2 Å². The molecule has 0 saturated carbocycles. The number of ketones is 2. The predicted octanol–water partition coefficient (Wildman–Crippen LogP) is 3.75. The van der Waals surface area contributed by atoms with Gasteiger partial charge in [0.1, 0.15) is 12.1 Å². The van der Waals surface area contributed by atoms with Crippen LogP contribution in [0.4, 0.5) is 18.0 Å². The Kier molecular flexibility index (Phi) is 12.8. The van der Waals surface area contributed by atoms with E-state index in [0.29, 0.717) is 12.0 Å². The van der Waals surface area contributed by atoms with E-state index < -0.39 is 89.5 Å². The Morgan fingerprint density at radius 1 is 0.915 bits per heavy atom. The molecule has 5 N–H and O–H groups in total. The highest BCUT2D eigenvalue weighted by Gasteiger charge is 2.50. The van der Waals surface area contributed by atoms with Crippen LogP contribution in [0.5, 0.6) is 0 Å². The molecule has 1 saturated heterocycles. The zero-order valence-electron chi connectivity index (χ0n) is 28.3. The van der Waals surface area contributed by atoms with Crippen molar-refractivity contribution < 1.29 is 41.9 Å². The average molecular weight is 668 g/mol. The highest BCUT2D eigenvalue weighted by molar-refractivity contribution is 6.37. The van der Waals surface area contributed by atoms with Gasteiger partial charge in [-0.15, -0.1) is 0 Å². The van der Waals surface area contributed by atoms with Crippen LogP contribution in [0.1, 0.15) is 85.0 Å². The maximum atomic E-state index is 14.2. The Morgan fingerprint density at radius 2 is 1.49 bits per heavy atom. The van der Waals surface area contributed by atoms with Gasteiger partial charge >= 0.3 is 12.2 Å². The molecule has 1 aliphatic rings. The van der Waals surface area contributed by atoms with Gasteiger partial charge in [0.15, 0.2) is 5.78 Å². The molecule has 0 aromatic heterocycles. The summed E-state index contributed by atoms with van der Waals surface area (Å²) in [6.07, 6.45) is -6.70. The maximum absolute atomic E-state index is 14.2. The van der Waals surface area contributed by atoms with Crippen molar-refractivity contribution >= 4 is 35.3 Å². The van der Waals surface area contributed by atoms with Gasteiger partial charge in [-0.05, 0) is 35.5 Å². The van der Waals surface area contributed by atoms with E-state index in [2.05, 4.69) is 16.0 Å². The second kappa shape index (κ2) is 15.3. The minimum absolute atomic E-state index is 0.0762. The van der Waals surface area contributed by atoms with Crippen LogP contribution in [-0.4, -0.2) is 77.1 Å². The quantitative estimate of drug-likeness (QED) is 0.196. The lowest BCUT2D eigenvalue weighted by Gasteiger charge is -2.39. The third kappa shape index (κ3) is 10.8. The first kappa shape index (κ1) is 39.2. The van der Waals surface area contributed by atoms with Crippen LogP contribution in [-0.2, 0) is 19.2 Å². The van der Waals surface area contributed by atoms with E-state index >= 15 is 0 Å². The number of nitrogens with zero attached hydrogens (tertiary/aromatic N) is 1. The maximum Gasteiger partial charge on any atom is 0.389 e. The highest BCUT2D eigenvalue weighted by Crippen LogP contribution is 2.40.